The average molecular weight is 386 g/mol. The number of benzene rings is 1. The lowest BCUT2D eigenvalue weighted by molar-refractivity contribution is 0.102. The third kappa shape index (κ3) is 3.13. The second-order valence-corrected chi connectivity index (χ2v) is 5.66. The molecule has 0 spiro atoms. The fraction of sp³-hybridized carbons (Fsp3) is 0.0769. The maximum Gasteiger partial charge on any atom is 0.259 e. The number of amides is 1. The number of carbonyl (C=O) groups is 1. The molecule has 1 aromatic heterocycles. The van der Waals surface area contributed by atoms with Crippen molar-refractivity contribution < 1.29 is 9.90 Å². The Morgan fingerprint density at radius 2 is 1.95 bits per heavy atom. The first-order valence-electron chi connectivity index (χ1n) is 5.39. The molecule has 0 aliphatic heterocycles. The largest absolute Gasteiger partial charge is 0.505 e. The van der Waals surface area contributed by atoms with E-state index in [2.05, 4.69) is 42.2 Å². The summed E-state index contributed by atoms with van der Waals surface area (Å²) in [5.74, 6) is -0.551. The van der Waals surface area contributed by atoms with Crippen molar-refractivity contribution >= 4 is 43.5 Å². The van der Waals surface area contributed by atoms with Crippen molar-refractivity contribution in [3.05, 3.63) is 50.7 Å². The number of carbonyl (C=O) groups excluding carboxylic acids is 1. The first-order chi connectivity index (χ1) is 8.99. The molecule has 1 amide bonds. The molecule has 2 rings (SSSR count). The smallest absolute Gasteiger partial charge is 0.259 e. The normalized spacial score (nSPS) is 10.3. The molecule has 0 aliphatic rings. The Kier molecular flexibility index (Phi) is 4.21. The molecular formula is C13H10Br2N2O2. The van der Waals surface area contributed by atoms with Gasteiger partial charge in [-0.15, -0.1) is 0 Å². The predicted molar refractivity (Wildman–Crippen MR) is 80.4 cm³/mol. The van der Waals surface area contributed by atoms with Crippen LogP contribution < -0.4 is 5.32 Å². The molecule has 0 bridgehead atoms. The Labute approximate surface area is 127 Å². The molecule has 1 aromatic carbocycles. The van der Waals surface area contributed by atoms with E-state index in [1.165, 1.54) is 18.5 Å². The van der Waals surface area contributed by atoms with Crippen LogP contribution in [0.5, 0.6) is 5.75 Å². The van der Waals surface area contributed by atoms with Crippen molar-refractivity contribution in [3.8, 4) is 5.75 Å². The lowest BCUT2D eigenvalue weighted by Gasteiger charge is -2.11. The van der Waals surface area contributed by atoms with Crippen LogP contribution >= 0.6 is 31.9 Å². The van der Waals surface area contributed by atoms with Crippen LogP contribution in [0.2, 0.25) is 0 Å². The number of nitrogens with zero attached hydrogens (tertiary/aromatic N) is 1. The van der Waals surface area contributed by atoms with Gasteiger partial charge in [-0.2, -0.15) is 0 Å². The molecule has 0 fully saturated rings. The third-order valence-corrected chi connectivity index (χ3v) is 3.72. The topological polar surface area (TPSA) is 62.2 Å². The van der Waals surface area contributed by atoms with Crippen molar-refractivity contribution in [2.24, 2.45) is 0 Å². The molecule has 0 atom stereocenters. The van der Waals surface area contributed by atoms with Crippen molar-refractivity contribution in [1.82, 2.24) is 4.98 Å². The standard InChI is InChI=1S/C13H10Br2N2O2/c1-7-4-9(14)12(10(15)5-7)17-13(19)8-2-3-16-6-11(8)18/h2-6,18H,1H3,(H,17,19). The van der Waals surface area contributed by atoms with Gasteiger partial charge in [0, 0.05) is 15.1 Å². The lowest BCUT2D eigenvalue weighted by Crippen LogP contribution is -2.13. The van der Waals surface area contributed by atoms with E-state index in [-0.39, 0.29) is 11.3 Å². The van der Waals surface area contributed by atoms with Crippen LogP contribution in [0.4, 0.5) is 5.69 Å². The van der Waals surface area contributed by atoms with E-state index in [0.29, 0.717) is 5.69 Å². The van der Waals surface area contributed by atoms with Crippen molar-refractivity contribution in [1.29, 1.82) is 0 Å². The number of hydrogen-bond donors (Lipinski definition) is 2. The van der Waals surface area contributed by atoms with Crippen molar-refractivity contribution in [2.75, 3.05) is 5.32 Å². The average Bonchev–Trinajstić information content (AvgIpc) is 2.34. The summed E-state index contributed by atoms with van der Waals surface area (Å²) in [6.07, 6.45) is 2.68. The number of pyridine rings is 1. The number of rotatable bonds is 2. The minimum absolute atomic E-state index is 0.153. The highest BCUT2D eigenvalue weighted by atomic mass is 79.9. The lowest BCUT2D eigenvalue weighted by atomic mass is 10.2. The molecule has 0 unspecified atom stereocenters. The van der Waals surface area contributed by atoms with Crippen LogP contribution in [0.15, 0.2) is 39.5 Å². The zero-order valence-corrected chi connectivity index (χ0v) is 13.1. The zero-order chi connectivity index (χ0) is 14.0. The molecule has 0 radical (unpaired) electrons. The Balaban J connectivity index is 2.32. The number of hydrogen-bond acceptors (Lipinski definition) is 3. The van der Waals surface area contributed by atoms with Crippen LogP contribution in [0, 0.1) is 6.92 Å². The van der Waals surface area contributed by atoms with Gasteiger partial charge >= 0.3 is 0 Å². The van der Waals surface area contributed by atoms with Gasteiger partial charge in [0.1, 0.15) is 5.75 Å². The number of halogens is 2. The van der Waals surface area contributed by atoms with E-state index in [9.17, 15) is 9.90 Å². The molecule has 98 valence electrons. The summed E-state index contributed by atoms with van der Waals surface area (Å²) in [5.41, 5.74) is 1.85. The Bertz CT molecular complexity index is 621. The second kappa shape index (κ2) is 5.71. The first kappa shape index (κ1) is 14.0. The number of anilines is 1. The Morgan fingerprint density at radius 3 is 2.53 bits per heavy atom. The van der Waals surface area contributed by atoms with Gasteiger partial charge in [0.15, 0.2) is 0 Å². The van der Waals surface area contributed by atoms with Gasteiger partial charge < -0.3 is 10.4 Å². The maximum atomic E-state index is 12.1. The number of aryl methyl sites for hydroxylation is 1. The molecular weight excluding hydrogens is 376 g/mol. The number of aromatic hydroxyl groups is 1. The minimum Gasteiger partial charge on any atom is -0.505 e. The van der Waals surface area contributed by atoms with Gasteiger partial charge in [-0.1, -0.05) is 0 Å². The van der Waals surface area contributed by atoms with E-state index in [4.69, 9.17) is 0 Å². The van der Waals surface area contributed by atoms with Crippen LogP contribution in [-0.4, -0.2) is 16.0 Å². The van der Waals surface area contributed by atoms with Crippen LogP contribution in [-0.2, 0) is 0 Å². The maximum absolute atomic E-state index is 12.1. The van der Waals surface area contributed by atoms with Crippen LogP contribution in [0.1, 0.15) is 15.9 Å². The number of nitrogens with one attached hydrogen (secondary N) is 1. The predicted octanol–water partition coefficient (Wildman–Crippen LogP) is 3.87. The van der Waals surface area contributed by atoms with Gasteiger partial charge in [0.25, 0.3) is 5.91 Å². The van der Waals surface area contributed by atoms with Gasteiger partial charge in [0.05, 0.1) is 17.4 Å². The molecule has 2 N–H and O–H groups in total. The summed E-state index contributed by atoms with van der Waals surface area (Å²) in [6.45, 7) is 1.95. The quantitative estimate of drug-likeness (QED) is 0.824. The van der Waals surface area contributed by atoms with Gasteiger partial charge in [-0.25, -0.2) is 0 Å². The fourth-order valence-corrected chi connectivity index (χ4v) is 3.19. The van der Waals surface area contributed by atoms with Gasteiger partial charge in [-0.05, 0) is 62.5 Å². The Morgan fingerprint density at radius 1 is 1.32 bits per heavy atom. The molecule has 1 heterocycles. The van der Waals surface area contributed by atoms with E-state index in [1.807, 2.05) is 19.1 Å². The van der Waals surface area contributed by atoms with Crippen LogP contribution in [0.25, 0.3) is 0 Å². The SMILES string of the molecule is Cc1cc(Br)c(NC(=O)c2ccncc2O)c(Br)c1. The highest BCUT2D eigenvalue weighted by Crippen LogP contribution is 2.33. The summed E-state index contributed by atoms with van der Waals surface area (Å²) < 4.78 is 1.53. The summed E-state index contributed by atoms with van der Waals surface area (Å²) in [7, 11) is 0. The van der Waals surface area contributed by atoms with Crippen molar-refractivity contribution in [2.45, 2.75) is 6.92 Å². The van der Waals surface area contributed by atoms with Gasteiger partial charge in [0.2, 0.25) is 0 Å². The van der Waals surface area contributed by atoms with E-state index < -0.39 is 5.91 Å². The second-order valence-electron chi connectivity index (χ2n) is 3.95. The first-order valence-corrected chi connectivity index (χ1v) is 6.97. The van der Waals surface area contributed by atoms with Gasteiger partial charge in [-0.3, -0.25) is 9.78 Å². The summed E-state index contributed by atoms with van der Waals surface area (Å²) in [6, 6.07) is 5.25. The summed E-state index contributed by atoms with van der Waals surface area (Å²) in [4.78, 5) is 15.8. The summed E-state index contributed by atoms with van der Waals surface area (Å²) >= 11 is 6.80. The zero-order valence-electron chi connectivity index (χ0n) is 9.95. The highest BCUT2D eigenvalue weighted by molar-refractivity contribution is 9.11. The molecule has 0 aliphatic carbocycles. The van der Waals surface area contributed by atoms with E-state index >= 15 is 0 Å². The van der Waals surface area contributed by atoms with Crippen molar-refractivity contribution in [3.63, 3.8) is 0 Å². The molecule has 0 saturated carbocycles. The Hall–Kier alpha value is -1.40. The molecule has 0 saturated heterocycles. The highest BCUT2D eigenvalue weighted by Gasteiger charge is 2.14. The molecule has 19 heavy (non-hydrogen) atoms. The van der Waals surface area contributed by atoms with E-state index in [1.54, 1.807) is 0 Å². The molecule has 2 aromatic rings. The fourth-order valence-electron chi connectivity index (χ4n) is 1.58. The summed E-state index contributed by atoms with van der Waals surface area (Å²) in [5, 5.41) is 12.3. The minimum atomic E-state index is -0.398. The van der Waals surface area contributed by atoms with Crippen LogP contribution in [0.3, 0.4) is 0 Å². The molecule has 4 nitrogen and oxygen atoms in total. The third-order valence-electron chi connectivity index (χ3n) is 2.47. The monoisotopic (exact) mass is 384 g/mol. The molecule has 6 heteroatoms. The number of aromatic nitrogens is 1. The van der Waals surface area contributed by atoms with E-state index in [0.717, 1.165) is 14.5 Å².